The summed E-state index contributed by atoms with van der Waals surface area (Å²) in [6, 6.07) is 10.7. The molecule has 0 saturated carbocycles. The Kier molecular flexibility index (Phi) is 7.50. The van der Waals surface area contributed by atoms with Gasteiger partial charge in [-0.05, 0) is 49.2 Å². The Labute approximate surface area is 207 Å². The minimum absolute atomic E-state index is 0.0761. The molecule has 1 aliphatic rings. The summed E-state index contributed by atoms with van der Waals surface area (Å²) in [7, 11) is 1.54. The molecule has 1 amide bonds. The Hall–Kier alpha value is -3.66. The standard InChI is InChI=1S/C25H29N5O4S/c1-17-6-7-19(35(32)28-21-14-18(2)22(33-3)16-23(21)34-4)15-20(17)24(31)29-10-12-30(13-11-29)25-26-8-5-9-27-25/h5-9,14-16,28H,10-13H2,1-4H3. The number of hydrogen-bond acceptors (Lipinski definition) is 7. The van der Waals surface area contributed by atoms with Gasteiger partial charge in [0.15, 0.2) is 0 Å². The maximum atomic E-state index is 13.3. The number of aromatic nitrogens is 2. The van der Waals surface area contributed by atoms with Gasteiger partial charge in [-0.1, -0.05) is 6.07 Å². The van der Waals surface area contributed by atoms with E-state index in [2.05, 4.69) is 19.6 Å². The van der Waals surface area contributed by atoms with E-state index >= 15 is 0 Å². The normalized spacial score (nSPS) is 14.4. The summed E-state index contributed by atoms with van der Waals surface area (Å²) >= 11 is 0. The molecule has 3 aromatic rings. The lowest BCUT2D eigenvalue weighted by molar-refractivity contribution is 0.0745. The lowest BCUT2D eigenvalue weighted by atomic mass is 10.1. The van der Waals surface area contributed by atoms with Crippen LogP contribution in [-0.2, 0) is 11.0 Å². The van der Waals surface area contributed by atoms with E-state index < -0.39 is 11.0 Å². The summed E-state index contributed by atoms with van der Waals surface area (Å²) in [6.45, 7) is 6.21. The van der Waals surface area contributed by atoms with Gasteiger partial charge < -0.3 is 19.3 Å². The summed E-state index contributed by atoms with van der Waals surface area (Å²) < 4.78 is 27.0. The number of nitrogens with one attached hydrogen (secondary N) is 1. The highest BCUT2D eigenvalue weighted by molar-refractivity contribution is 7.86. The molecule has 2 heterocycles. The van der Waals surface area contributed by atoms with Crippen molar-refractivity contribution < 1.29 is 18.5 Å². The molecule has 0 spiro atoms. The van der Waals surface area contributed by atoms with Crippen molar-refractivity contribution in [1.29, 1.82) is 0 Å². The van der Waals surface area contributed by atoms with Crippen molar-refractivity contribution in [2.75, 3.05) is 50.0 Å². The quantitative estimate of drug-likeness (QED) is 0.538. The summed E-state index contributed by atoms with van der Waals surface area (Å²) in [6.07, 6.45) is 3.43. The summed E-state index contributed by atoms with van der Waals surface area (Å²) in [5, 5.41) is 0. The topological polar surface area (TPSA) is 96.9 Å². The van der Waals surface area contributed by atoms with Crippen LogP contribution in [0.2, 0.25) is 0 Å². The number of piperazine rings is 1. The zero-order valence-corrected chi connectivity index (χ0v) is 21.1. The van der Waals surface area contributed by atoms with Crippen LogP contribution in [0.4, 0.5) is 11.6 Å². The van der Waals surface area contributed by atoms with E-state index in [0.717, 1.165) is 11.1 Å². The van der Waals surface area contributed by atoms with E-state index in [-0.39, 0.29) is 5.91 Å². The zero-order valence-electron chi connectivity index (χ0n) is 20.3. The predicted molar refractivity (Wildman–Crippen MR) is 136 cm³/mol. The fourth-order valence-electron chi connectivity index (χ4n) is 3.98. The fraction of sp³-hybridized carbons (Fsp3) is 0.320. The number of nitrogens with zero attached hydrogens (tertiary/aromatic N) is 4. The first-order chi connectivity index (χ1) is 16.9. The maximum Gasteiger partial charge on any atom is 0.254 e. The molecule has 1 fully saturated rings. The van der Waals surface area contributed by atoms with Crippen LogP contribution in [0.25, 0.3) is 0 Å². The molecule has 1 atom stereocenters. The highest BCUT2D eigenvalue weighted by atomic mass is 32.2. The number of methoxy groups -OCH3 is 2. The van der Waals surface area contributed by atoms with Crippen LogP contribution < -0.4 is 19.1 Å². The molecule has 4 rings (SSSR count). The van der Waals surface area contributed by atoms with Crippen molar-refractivity contribution in [2.24, 2.45) is 0 Å². The van der Waals surface area contributed by atoms with E-state index in [0.29, 0.717) is 59.8 Å². The molecule has 10 heteroatoms. The Morgan fingerprint density at radius 1 is 0.943 bits per heavy atom. The molecule has 184 valence electrons. The smallest absolute Gasteiger partial charge is 0.254 e. The van der Waals surface area contributed by atoms with Crippen molar-refractivity contribution in [3.63, 3.8) is 0 Å². The highest BCUT2D eigenvalue weighted by Crippen LogP contribution is 2.33. The SMILES string of the molecule is COc1cc(OC)c(NS(=O)c2ccc(C)c(C(=O)N3CCN(c4ncccn4)CC3)c2)cc1C. The summed E-state index contributed by atoms with van der Waals surface area (Å²) in [5.74, 6) is 1.79. The number of hydrogen-bond donors (Lipinski definition) is 1. The molecule has 1 aromatic heterocycles. The van der Waals surface area contributed by atoms with E-state index in [4.69, 9.17) is 9.47 Å². The van der Waals surface area contributed by atoms with Crippen LogP contribution in [0.5, 0.6) is 11.5 Å². The van der Waals surface area contributed by atoms with Gasteiger partial charge in [-0.25, -0.2) is 14.2 Å². The number of ether oxygens (including phenoxy) is 2. The second kappa shape index (κ2) is 10.7. The zero-order chi connectivity index (χ0) is 24.9. The fourth-order valence-corrected chi connectivity index (χ4v) is 4.87. The lowest BCUT2D eigenvalue weighted by Gasteiger charge is -2.35. The van der Waals surface area contributed by atoms with Crippen LogP contribution in [-0.4, -0.2) is 65.4 Å². The molecule has 1 N–H and O–H groups in total. The van der Waals surface area contributed by atoms with Gasteiger partial charge in [-0.15, -0.1) is 0 Å². The van der Waals surface area contributed by atoms with Crippen LogP contribution >= 0.6 is 0 Å². The third kappa shape index (κ3) is 5.37. The van der Waals surface area contributed by atoms with Crippen LogP contribution in [0.3, 0.4) is 0 Å². The number of aryl methyl sites for hydroxylation is 2. The first-order valence-electron chi connectivity index (χ1n) is 11.2. The molecule has 0 radical (unpaired) electrons. The summed E-state index contributed by atoms with van der Waals surface area (Å²) in [5.41, 5.74) is 2.84. The molecular formula is C25H29N5O4S. The van der Waals surface area contributed by atoms with Gasteiger partial charge in [0, 0.05) is 50.2 Å². The average molecular weight is 496 g/mol. The van der Waals surface area contributed by atoms with Crippen LogP contribution in [0.1, 0.15) is 21.5 Å². The van der Waals surface area contributed by atoms with E-state index in [9.17, 15) is 9.00 Å². The number of benzene rings is 2. The Morgan fingerprint density at radius 3 is 2.29 bits per heavy atom. The molecule has 1 aliphatic heterocycles. The summed E-state index contributed by atoms with van der Waals surface area (Å²) in [4.78, 5) is 26.3. The predicted octanol–water partition coefficient (Wildman–Crippen LogP) is 3.21. The number of amides is 1. The monoisotopic (exact) mass is 495 g/mol. The van der Waals surface area contributed by atoms with Gasteiger partial charge in [0.05, 0.1) is 24.8 Å². The number of rotatable bonds is 7. The van der Waals surface area contributed by atoms with Crippen molar-refractivity contribution in [2.45, 2.75) is 18.7 Å². The second-order valence-electron chi connectivity index (χ2n) is 8.20. The molecular weight excluding hydrogens is 466 g/mol. The highest BCUT2D eigenvalue weighted by Gasteiger charge is 2.25. The molecule has 1 saturated heterocycles. The van der Waals surface area contributed by atoms with E-state index in [1.807, 2.05) is 30.9 Å². The minimum atomic E-state index is -1.60. The molecule has 9 nitrogen and oxygen atoms in total. The first kappa shape index (κ1) is 24.5. The van der Waals surface area contributed by atoms with Gasteiger partial charge in [-0.2, -0.15) is 0 Å². The Bertz CT molecular complexity index is 1230. The van der Waals surface area contributed by atoms with Crippen molar-refractivity contribution >= 4 is 28.5 Å². The molecule has 35 heavy (non-hydrogen) atoms. The maximum absolute atomic E-state index is 13.3. The minimum Gasteiger partial charge on any atom is -0.496 e. The van der Waals surface area contributed by atoms with Gasteiger partial charge in [-0.3, -0.25) is 9.52 Å². The van der Waals surface area contributed by atoms with E-state index in [1.165, 1.54) is 0 Å². The third-order valence-corrected chi connectivity index (χ3v) is 7.06. The molecule has 0 aliphatic carbocycles. The Balaban J connectivity index is 1.48. The number of carbonyl (C=O) groups is 1. The lowest BCUT2D eigenvalue weighted by Crippen LogP contribution is -2.49. The van der Waals surface area contributed by atoms with Gasteiger partial charge in [0.1, 0.15) is 22.5 Å². The Morgan fingerprint density at radius 2 is 1.63 bits per heavy atom. The van der Waals surface area contributed by atoms with Crippen molar-refractivity contribution in [1.82, 2.24) is 14.9 Å². The largest absolute Gasteiger partial charge is 0.496 e. The van der Waals surface area contributed by atoms with Gasteiger partial charge >= 0.3 is 0 Å². The molecule has 2 aromatic carbocycles. The molecule has 1 unspecified atom stereocenters. The first-order valence-corrected chi connectivity index (χ1v) is 12.4. The number of carbonyl (C=O) groups excluding carboxylic acids is 1. The van der Waals surface area contributed by atoms with E-state index in [1.54, 1.807) is 50.9 Å². The van der Waals surface area contributed by atoms with Crippen molar-refractivity contribution in [3.8, 4) is 11.5 Å². The van der Waals surface area contributed by atoms with Crippen LogP contribution in [0.15, 0.2) is 53.7 Å². The average Bonchev–Trinajstić information content (AvgIpc) is 2.89. The molecule has 0 bridgehead atoms. The van der Waals surface area contributed by atoms with Gasteiger partial charge in [0.25, 0.3) is 5.91 Å². The second-order valence-corrected chi connectivity index (χ2v) is 9.41. The number of anilines is 2. The third-order valence-electron chi connectivity index (χ3n) is 5.98. The van der Waals surface area contributed by atoms with Crippen molar-refractivity contribution in [3.05, 3.63) is 65.5 Å². The van der Waals surface area contributed by atoms with Crippen LogP contribution in [0, 0.1) is 13.8 Å². The van der Waals surface area contributed by atoms with Gasteiger partial charge in [0.2, 0.25) is 5.95 Å².